The van der Waals surface area contributed by atoms with Gasteiger partial charge in [0.2, 0.25) is 0 Å². The van der Waals surface area contributed by atoms with Gasteiger partial charge >= 0.3 is 5.97 Å². The molecule has 0 spiro atoms. The lowest BCUT2D eigenvalue weighted by atomic mass is 10.1. The summed E-state index contributed by atoms with van der Waals surface area (Å²) in [5.74, 6) is -0.289. The molecule has 13 heavy (non-hydrogen) atoms. The molecule has 0 N–H and O–H groups in total. The van der Waals surface area contributed by atoms with E-state index in [-0.39, 0.29) is 5.97 Å². The number of carbonyl (C=O) groups is 1. The second-order valence-corrected chi connectivity index (χ2v) is 3.94. The summed E-state index contributed by atoms with van der Waals surface area (Å²) in [5.41, 5.74) is 0. The van der Waals surface area contributed by atoms with Crippen molar-refractivity contribution >= 4 is 21.9 Å². The van der Waals surface area contributed by atoms with Crippen molar-refractivity contribution in [3.8, 4) is 0 Å². The summed E-state index contributed by atoms with van der Waals surface area (Å²) in [5, 5.41) is 0. The Kier molecular flexibility index (Phi) is 8.10. The molecule has 0 rings (SSSR count). The Morgan fingerprint density at radius 1 is 1.38 bits per heavy atom. The highest BCUT2D eigenvalue weighted by atomic mass is 79.9. The highest BCUT2D eigenvalue weighted by molar-refractivity contribution is 9.11. The molecule has 0 bridgehead atoms. The Hall–Kier alpha value is -0.310. The van der Waals surface area contributed by atoms with E-state index < -0.39 is 0 Å². The van der Waals surface area contributed by atoms with Gasteiger partial charge in [-0.15, -0.1) is 0 Å². The molecule has 0 atom stereocenters. The van der Waals surface area contributed by atoms with Crippen LogP contribution in [0, 0.1) is 0 Å². The van der Waals surface area contributed by atoms with Crippen LogP contribution in [0.15, 0.2) is 10.6 Å². The highest BCUT2D eigenvalue weighted by Crippen LogP contribution is 2.15. The zero-order valence-corrected chi connectivity index (χ0v) is 9.89. The van der Waals surface area contributed by atoms with Gasteiger partial charge in [0.15, 0.2) is 0 Å². The Balaban J connectivity index is 3.55. The molecule has 0 radical (unpaired) electrons. The predicted octanol–water partition coefficient (Wildman–Crippen LogP) is 3.41. The average molecular weight is 249 g/mol. The maximum atomic E-state index is 10.8. The van der Waals surface area contributed by atoms with Gasteiger partial charge in [0.25, 0.3) is 0 Å². The third-order valence-electron chi connectivity index (χ3n) is 1.74. The van der Waals surface area contributed by atoms with Gasteiger partial charge in [0, 0.05) is 10.6 Å². The first-order valence-corrected chi connectivity index (χ1v) is 5.44. The first-order chi connectivity index (χ1) is 6.20. The third kappa shape index (κ3) is 8.03. The van der Waals surface area contributed by atoms with Crippen molar-refractivity contribution < 1.29 is 9.53 Å². The minimum atomic E-state index is -0.289. The van der Waals surface area contributed by atoms with Gasteiger partial charge in [-0.2, -0.15) is 0 Å². The molecular weight excluding hydrogens is 232 g/mol. The fraction of sp³-hybridized carbons (Fsp3) is 0.700. The number of unbranched alkanes of at least 4 members (excludes halogenated alkanes) is 3. The Labute approximate surface area is 88.5 Å². The quantitative estimate of drug-likeness (QED) is 0.409. The van der Waals surface area contributed by atoms with Gasteiger partial charge in [0.1, 0.15) is 0 Å². The maximum absolute atomic E-state index is 10.8. The van der Waals surface area contributed by atoms with E-state index in [1.54, 1.807) is 0 Å². The number of methoxy groups -OCH3 is 1. The summed E-state index contributed by atoms with van der Waals surface area (Å²) < 4.78 is 5.43. The van der Waals surface area contributed by atoms with Crippen LogP contribution in [0.5, 0.6) is 0 Å². The molecule has 0 aromatic heterocycles. The summed E-state index contributed by atoms with van der Waals surface area (Å²) in [6.45, 7) is 2.18. The van der Waals surface area contributed by atoms with E-state index in [4.69, 9.17) is 0 Å². The number of halogens is 1. The zero-order chi connectivity index (χ0) is 10.1. The first-order valence-electron chi connectivity index (χ1n) is 4.64. The lowest BCUT2D eigenvalue weighted by Crippen LogP contribution is -1.95. The summed E-state index contributed by atoms with van der Waals surface area (Å²) in [6.07, 6.45) is 7.26. The van der Waals surface area contributed by atoms with Gasteiger partial charge in [0.05, 0.1) is 7.11 Å². The third-order valence-corrected chi connectivity index (χ3v) is 2.37. The molecule has 0 unspecified atom stereocenters. The standard InChI is InChI=1S/C10H17BrO2/c1-3-4-5-6-7-9(11)8-10(12)13-2/h8H,3-7H2,1-2H3/b9-8+. The Morgan fingerprint density at radius 3 is 2.62 bits per heavy atom. The van der Waals surface area contributed by atoms with Gasteiger partial charge in [-0.3, -0.25) is 0 Å². The lowest BCUT2D eigenvalue weighted by molar-refractivity contribution is -0.134. The number of rotatable bonds is 6. The molecule has 0 aliphatic heterocycles. The van der Waals surface area contributed by atoms with Crippen LogP contribution < -0.4 is 0 Å². The molecule has 0 aromatic rings. The fourth-order valence-electron chi connectivity index (χ4n) is 0.980. The molecule has 0 fully saturated rings. The summed E-state index contributed by atoms with van der Waals surface area (Å²) >= 11 is 3.33. The largest absolute Gasteiger partial charge is 0.466 e. The van der Waals surface area contributed by atoms with Crippen molar-refractivity contribution in [2.75, 3.05) is 7.11 Å². The first kappa shape index (κ1) is 12.7. The molecule has 0 saturated heterocycles. The minimum Gasteiger partial charge on any atom is -0.466 e. The van der Waals surface area contributed by atoms with E-state index in [1.807, 2.05) is 0 Å². The van der Waals surface area contributed by atoms with Crippen molar-refractivity contribution in [1.29, 1.82) is 0 Å². The Morgan fingerprint density at radius 2 is 2.08 bits per heavy atom. The van der Waals surface area contributed by atoms with Gasteiger partial charge in [-0.05, 0) is 12.8 Å². The number of carbonyl (C=O) groups excluding carboxylic acids is 1. The van der Waals surface area contributed by atoms with Crippen molar-refractivity contribution in [3.05, 3.63) is 10.6 Å². The van der Waals surface area contributed by atoms with Crippen LogP contribution >= 0.6 is 15.9 Å². The molecule has 0 aromatic carbocycles. The van der Waals surface area contributed by atoms with Crippen molar-refractivity contribution in [1.82, 2.24) is 0 Å². The molecule has 76 valence electrons. The smallest absolute Gasteiger partial charge is 0.331 e. The monoisotopic (exact) mass is 248 g/mol. The molecule has 0 aliphatic carbocycles. The predicted molar refractivity (Wildman–Crippen MR) is 57.8 cm³/mol. The molecule has 0 aliphatic rings. The zero-order valence-electron chi connectivity index (χ0n) is 8.31. The number of hydrogen-bond donors (Lipinski definition) is 0. The van der Waals surface area contributed by atoms with Crippen molar-refractivity contribution in [2.45, 2.75) is 39.0 Å². The van der Waals surface area contributed by atoms with Crippen LogP contribution in [-0.2, 0) is 9.53 Å². The second kappa shape index (κ2) is 8.30. The summed E-state index contributed by atoms with van der Waals surface area (Å²) in [6, 6.07) is 0. The topological polar surface area (TPSA) is 26.3 Å². The van der Waals surface area contributed by atoms with E-state index in [0.717, 1.165) is 17.3 Å². The normalized spacial score (nSPS) is 11.5. The molecular formula is C10H17BrO2. The lowest BCUT2D eigenvalue weighted by Gasteiger charge is -1.98. The highest BCUT2D eigenvalue weighted by Gasteiger charge is 1.97. The minimum absolute atomic E-state index is 0.289. The SMILES string of the molecule is CCCCCC/C(Br)=C\C(=O)OC. The molecule has 0 saturated carbocycles. The number of ether oxygens (including phenoxy) is 1. The number of esters is 1. The summed E-state index contributed by atoms with van der Waals surface area (Å²) in [4.78, 5) is 10.8. The van der Waals surface area contributed by atoms with Crippen LogP contribution in [0.4, 0.5) is 0 Å². The van der Waals surface area contributed by atoms with Crippen LogP contribution in [0.3, 0.4) is 0 Å². The second-order valence-electron chi connectivity index (χ2n) is 2.93. The van der Waals surface area contributed by atoms with E-state index in [9.17, 15) is 4.79 Å². The fourth-order valence-corrected chi connectivity index (χ4v) is 1.45. The van der Waals surface area contributed by atoms with E-state index in [2.05, 4.69) is 27.6 Å². The van der Waals surface area contributed by atoms with Crippen molar-refractivity contribution in [2.24, 2.45) is 0 Å². The van der Waals surface area contributed by atoms with Crippen molar-refractivity contribution in [3.63, 3.8) is 0 Å². The van der Waals surface area contributed by atoms with E-state index >= 15 is 0 Å². The number of hydrogen-bond acceptors (Lipinski definition) is 2. The van der Waals surface area contributed by atoms with E-state index in [0.29, 0.717) is 0 Å². The average Bonchev–Trinajstić information content (AvgIpc) is 2.12. The van der Waals surface area contributed by atoms with E-state index in [1.165, 1.54) is 32.4 Å². The maximum Gasteiger partial charge on any atom is 0.331 e. The van der Waals surface area contributed by atoms with Crippen LogP contribution in [-0.4, -0.2) is 13.1 Å². The molecule has 3 heteroatoms. The molecule has 0 amide bonds. The van der Waals surface area contributed by atoms with Gasteiger partial charge < -0.3 is 4.74 Å². The number of allylic oxidation sites excluding steroid dienone is 1. The Bertz CT molecular complexity index is 176. The molecule has 2 nitrogen and oxygen atoms in total. The van der Waals surface area contributed by atoms with Gasteiger partial charge in [-0.1, -0.05) is 42.1 Å². The van der Waals surface area contributed by atoms with Gasteiger partial charge in [-0.25, -0.2) is 4.79 Å². The van der Waals surface area contributed by atoms with Crippen LogP contribution in [0.1, 0.15) is 39.0 Å². The summed E-state index contributed by atoms with van der Waals surface area (Å²) in [7, 11) is 1.39. The molecule has 0 heterocycles. The van der Waals surface area contributed by atoms with Crippen LogP contribution in [0.25, 0.3) is 0 Å². The van der Waals surface area contributed by atoms with Crippen LogP contribution in [0.2, 0.25) is 0 Å².